The van der Waals surface area contributed by atoms with Gasteiger partial charge in [0.1, 0.15) is 6.26 Å². The first kappa shape index (κ1) is 20.1. The molecular formula is C24H22N2O6. The van der Waals surface area contributed by atoms with Gasteiger partial charge in [0, 0.05) is 30.2 Å². The molecule has 1 amide bonds. The Labute approximate surface area is 184 Å². The Kier molecular flexibility index (Phi) is 5.26. The Morgan fingerprint density at radius 2 is 1.81 bits per heavy atom. The van der Waals surface area contributed by atoms with Gasteiger partial charge in [-0.3, -0.25) is 9.59 Å². The number of nitrogens with zero attached hydrogens (tertiary/aromatic N) is 1. The lowest BCUT2D eigenvalue weighted by Crippen LogP contribution is -2.34. The summed E-state index contributed by atoms with van der Waals surface area (Å²) >= 11 is 0. The van der Waals surface area contributed by atoms with Gasteiger partial charge in [0.25, 0.3) is 11.7 Å². The van der Waals surface area contributed by atoms with E-state index in [1.54, 1.807) is 18.2 Å². The topological polar surface area (TPSA) is 99.9 Å². The normalized spacial score (nSPS) is 15.6. The standard InChI is InChI=1S/C24H22N2O6/c27-21(25-17-8-9-19-20(12-17)32-24(31-19)10-4-5-11-24)15-29-22(28)13-18-14-30-23(26-18)16-6-2-1-3-7-16/h1-3,6-9,12,14H,4-5,10-11,13,15H2,(H,25,27). The van der Waals surface area contributed by atoms with Crippen molar-refractivity contribution in [3.8, 4) is 23.0 Å². The minimum absolute atomic E-state index is 0.0876. The van der Waals surface area contributed by atoms with Crippen molar-refractivity contribution in [1.82, 2.24) is 4.98 Å². The lowest BCUT2D eigenvalue weighted by molar-refractivity contribution is -0.146. The number of esters is 1. The molecule has 1 N–H and O–H groups in total. The molecule has 0 radical (unpaired) electrons. The van der Waals surface area contributed by atoms with Crippen LogP contribution in [0.2, 0.25) is 0 Å². The van der Waals surface area contributed by atoms with Crippen molar-refractivity contribution < 1.29 is 28.2 Å². The maximum absolute atomic E-state index is 12.2. The summed E-state index contributed by atoms with van der Waals surface area (Å²) in [4.78, 5) is 28.6. The molecule has 5 rings (SSSR count). The number of anilines is 1. The SMILES string of the molecule is O=C(COC(=O)Cc1coc(-c2ccccc2)n1)Nc1ccc2c(c1)OC1(CCCC1)O2. The quantitative estimate of drug-likeness (QED) is 0.583. The fraction of sp³-hybridized carbons (Fsp3) is 0.292. The third-order valence-electron chi connectivity index (χ3n) is 5.45. The maximum Gasteiger partial charge on any atom is 0.312 e. The molecule has 1 spiro atoms. The number of nitrogens with one attached hydrogen (secondary N) is 1. The molecule has 0 atom stereocenters. The third-order valence-corrected chi connectivity index (χ3v) is 5.45. The van der Waals surface area contributed by atoms with Crippen LogP contribution in [0.1, 0.15) is 31.4 Å². The number of aromatic nitrogens is 1. The molecule has 0 unspecified atom stereocenters. The van der Waals surface area contributed by atoms with Crippen LogP contribution >= 0.6 is 0 Å². The zero-order valence-electron chi connectivity index (χ0n) is 17.3. The molecule has 32 heavy (non-hydrogen) atoms. The van der Waals surface area contributed by atoms with E-state index in [0.29, 0.717) is 28.8 Å². The summed E-state index contributed by atoms with van der Waals surface area (Å²) in [6, 6.07) is 14.6. The molecule has 1 aliphatic carbocycles. The zero-order chi connectivity index (χ0) is 22.0. The third kappa shape index (κ3) is 4.30. The number of hydrogen-bond donors (Lipinski definition) is 1. The zero-order valence-corrected chi connectivity index (χ0v) is 17.3. The minimum Gasteiger partial charge on any atom is -0.455 e. The van der Waals surface area contributed by atoms with Crippen LogP contribution in [0.25, 0.3) is 11.5 Å². The van der Waals surface area contributed by atoms with Crippen molar-refractivity contribution in [2.45, 2.75) is 37.9 Å². The Morgan fingerprint density at radius 3 is 2.62 bits per heavy atom. The summed E-state index contributed by atoms with van der Waals surface area (Å²) in [7, 11) is 0. The van der Waals surface area contributed by atoms with Gasteiger partial charge in [0.15, 0.2) is 18.1 Å². The molecule has 1 aliphatic heterocycles. The number of fused-ring (bicyclic) bond motifs is 1. The van der Waals surface area contributed by atoms with Gasteiger partial charge in [0.05, 0.1) is 12.1 Å². The summed E-state index contributed by atoms with van der Waals surface area (Å²) in [6.07, 6.45) is 5.19. The molecule has 164 valence electrons. The molecule has 2 aliphatic rings. The maximum atomic E-state index is 12.2. The molecule has 3 aromatic rings. The molecular weight excluding hydrogens is 412 g/mol. The van der Waals surface area contributed by atoms with Crippen LogP contribution < -0.4 is 14.8 Å². The highest BCUT2D eigenvalue weighted by Crippen LogP contribution is 2.47. The molecule has 2 heterocycles. The average Bonchev–Trinajstić information content (AvgIpc) is 3.53. The number of hydrogen-bond acceptors (Lipinski definition) is 7. The van der Waals surface area contributed by atoms with Crippen molar-refractivity contribution in [3.05, 3.63) is 60.5 Å². The number of benzene rings is 2. The van der Waals surface area contributed by atoms with E-state index in [0.717, 1.165) is 31.2 Å². The van der Waals surface area contributed by atoms with Gasteiger partial charge in [-0.2, -0.15) is 0 Å². The predicted molar refractivity (Wildman–Crippen MR) is 114 cm³/mol. The summed E-state index contributed by atoms with van der Waals surface area (Å²) < 4.78 is 22.4. The molecule has 1 saturated carbocycles. The van der Waals surface area contributed by atoms with Crippen molar-refractivity contribution in [3.63, 3.8) is 0 Å². The number of rotatable bonds is 6. The second kappa shape index (κ2) is 8.37. The first-order valence-corrected chi connectivity index (χ1v) is 10.6. The number of ether oxygens (including phenoxy) is 3. The largest absolute Gasteiger partial charge is 0.455 e. The van der Waals surface area contributed by atoms with Crippen LogP contribution in [-0.2, 0) is 20.7 Å². The fourth-order valence-electron chi connectivity index (χ4n) is 3.93. The highest BCUT2D eigenvalue weighted by molar-refractivity contribution is 5.93. The summed E-state index contributed by atoms with van der Waals surface area (Å²) in [5, 5.41) is 2.71. The lowest BCUT2D eigenvalue weighted by atomic mass is 10.2. The van der Waals surface area contributed by atoms with E-state index in [9.17, 15) is 9.59 Å². The summed E-state index contributed by atoms with van der Waals surface area (Å²) in [6.45, 7) is -0.402. The highest BCUT2D eigenvalue weighted by atomic mass is 16.7. The van der Waals surface area contributed by atoms with Crippen LogP contribution in [-0.4, -0.2) is 29.3 Å². The Bertz CT molecular complexity index is 1130. The van der Waals surface area contributed by atoms with Crippen LogP contribution in [0.4, 0.5) is 5.69 Å². The van der Waals surface area contributed by atoms with Gasteiger partial charge in [-0.15, -0.1) is 0 Å². The molecule has 8 heteroatoms. The van der Waals surface area contributed by atoms with E-state index < -0.39 is 24.3 Å². The second-order valence-electron chi connectivity index (χ2n) is 7.88. The Balaban J connectivity index is 1.11. The van der Waals surface area contributed by atoms with Gasteiger partial charge < -0.3 is 23.9 Å². The molecule has 0 bridgehead atoms. The van der Waals surface area contributed by atoms with Crippen LogP contribution in [0.3, 0.4) is 0 Å². The first-order chi connectivity index (χ1) is 15.6. The second-order valence-corrected chi connectivity index (χ2v) is 7.88. The number of carbonyl (C=O) groups is 2. The van der Waals surface area contributed by atoms with Gasteiger partial charge in [0.2, 0.25) is 5.89 Å². The van der Waals surface area contributed by atoms with E-state index in [1.165, 1.54) is 6.26 Å². The molecule has 1 aromatic heterocycles. The smallest absolute Gasteiger partial charge is 0.312 e. The molecule has 0 saturated heterocycles. The highest BCUT2D eigenvalue weighted by Gasteiger charge is 2.44. The number of amides is 1. The van der Waals surface area contributed by atoms with E-state index >= 15 is 0 Å². The predicted octanol–water partition coefficient (Wildman–Crippen LogP) is 4.11. The number of oxazole rings is 1. The number of carbonyl (C=O) groups excluding carboxylic acids is 2. The Hall–Kier alpha value is -3.81. The van der Waals surface area contributed by atoms with Crippen molar-refractivity contribution in [2.75, 3.05) is 11.9 Å². The summed E-state index contributed by atoms with van der Waals surface area (Å²) in [5.41, 5.74) is 1.80. The van der Waals surface area contributed by atoms with Gasteiger partial charge >= 0.3 is 5.97 Å². The van der Waals surface area contributed by atoms with Gasteiger partial charge in [-0.25, -0.2) is 4.98 Å². The van der Waals surface area contributed by atoms with Crippen LogP contribution in [0.15, 0.2) is 59.2 Å². The first-order valence-electron chi connectivity index (χ1n) is 10.6. The van der Waals surface area contributed by atoms with Crippen molar-refractivity contribution in [1.29, 1.82) is 0 Å². The van der Waals surface area contributed by atoms with Gasteiger partial charge in [-0.05, 0) is 37.1 Å². The van der Waals surface area contributed by atoms with Gasteiger partial charge in [-0.1, -0.05) is 18.2 Å². The molecule has 2 aromatic carbocycles. The van der Waals surface area contributed by atoms with Crippen molar-refractivity contribution in [2.24, 2.45) is 0 Å². The molecule has 1 fully saturated rings. The van der Waals surface area contributed by atoms with Crippen LogP contribution in [0, 0.1) is 0 Å². The summed E-state index contributed by atoms with van der Waals surface area (Å²) in [5.74, 6) is 0.149. The van der Waals surface area contributed by atoms with E-state index in [-0.39, 0.29) is 6.42 Å². The van der Waals surface area contributed by atoms with E-state index in [1.807, 2.05) is 30.3 Å². The van der Waals surface area contributed by atoms with Crippen LogP contribution in [0.5, 0.6) is 11.5 Å². The lowest BCUT2D eigenvalue weighted by Gasteiger charge is -2.21. The van der Waals surface area contributed by atoms with Crippen molar-refractivity contribution >= 4 is 17.6 Å². The fourth-order valence-corrected chi connectivity index (χ4v) is 3.93. The van der Waals surface area contributed by atoms with E-state index in [2.05, 4.69) is 10.3 Å². The minimum atomic E-state index is -0.568. The average molecular weight is 434 g/mol. The Morgan fingerprint density at radius 1 is 1.03 bits per heavy atom. The monoisotopic (exact) mass is 434 g/mol. The van der Waals surface area contributed by atoms with E-state index in [4.69, 9.17) is 18.6 Å². The molecule has 8 nitrogen and oxygen atoms in total.